The van der Waals surface area contributed by atoms with Gasteiger partial charge in [0.1, 0.15) is 0 Å². The SMILES string of the molecule is C[C@H](CCc1ccccc1)NC(=O)c1ccc(-c2ccc(C3CCCCC3)cc2)s1. The molecule has 3 heteroatoms. The summed E-state index contributed by atoms with van der Waals surface area (Å²) < 4.78 is 0. The number of thiophene rings is 1. The second kappa shape index (κ2) is 10.1. The minimum Gasteiger partial charge on any atom is -0.349 e. The second-order valence-corrected chi connectivity index (χ2v) is 9.60. The number of benzene rings is 2. The van der Waals surface area contributed by atoms with Crippen LogP contribution in [0.2, 0.25) is 0 Å². The van der Waals surface area contributed by atoms with E-state index in [0.29, 0.717) is 0 Å². The normalized spacial score (nSPS) is 15.6. The Balaban J connectivity index is 1.33. The molecule has 0 bridgehead atoms. The van der Waals surface area contributed by atoms with E-state index in [2.05, 4.69) is 66.8 Å². The molecule has 1 atom stereocenters. The van der Waals surface area contributed by atoms with E-state index in [1.165, 1.54) is 48.8 Å². The van der Waals surface area contributed by atoms with E-state index in [1.807, 2.05) is 12.1 Å². The Bertz CT molecular complexity index is 939. The third kappa shape index (κ3) is 5.40. The zero-order valence-electron chi connectivity index (χ0n) is 17.8. The molecule has 1 saturated carbocycles. The molecule has 1 N–H and O–H groups in total. The van der Waals surface area contributed by atoms with Crippen molar-refractivity contribution in [1.82, 2.24) is 5.32 Å². The molecule has 1 aliphatic rings. The van der Waals surface area contributed by atoms with Crippen LogP contribution in [0.3, 0.4) is 0 Å². The summed E-state index contributed by atoms with van der Waals surface area (Å²) in [5.41, 5.74) is 3.99. The summed E-state index contributed by atoms with van der Waals surface area (Å²) in [7, 11) is 0. The van der Waals surface area contributed by atoms with Crippen molar-refractivity contribution >= 4 is 17.2 Å². The summed E-state index contributed by atoms with van der Waals surface area (Å²) >= 11 is 1.58. The van der Waals surface area contributed by atoms with Crippen LogP contribution in [-0.4, -0.2) is 11.9 Å². The molecule has 156 valence electrons. The van der Waals surface area contributed by atoms with Gasteiger partial charge in [-0.25, -0.2) is 0 Å². The van der Waals surface area contributed by atoms with Gasteiger partial charge in [-0.05, 0) is 67.3 Å². The predicted octanol–water partition coefficient (Wildman–Crippen LogP) is 7.21. The number of carbonyl (C=O) groups excluding carboxylic acids is 1. The molecular weight excluding hydrogens is 386 g/mol. The lowest BCUT2D eigenvalue weighted by molar-refractivity contribution is 0.0942. The highest BCUT2D eigenvalue weighted by molar-refractivity contribution is 7.17. The molecule has 3 aromatic rings. The zero-order valence-corrected chi connectivity index (χ0v) is 18.6. The number of amides is 1. The summed E-state index contributed by atoms with van der Waals surface area (Å²) in [5, 5.41) is 3.15. The van der Waals surface area contributed by atoms with Gasteiger partial charge in [-0.15, -0.1) is 11.3 Å². The van der Waals surface area contributed by atoms with Gasteiger partial charge >= 0.3 is 0 Å². The van der Waals surface area contributed by atoms with E-state index in [1.54, 1.807) is 11.3 Å². The Morgan fingerprint density at radius 3 is 2.43 bits per heavy atom. The molecule has 1 amide bonds. The van der Waals surface area contributed by atoms with Crippen LogP contribution >= 0.6 is 11.3 Å². The lowest BCUT2D eigenvalue weighted by Gasteiger charge is -2.22. The van der Waals surface area contributed by atoms with E-state index in [-0.39, 0.29) is 11.9 Å². The van der Waals surface area contributed by atoms with Crippen molar-refractivity contribution in [3.63, 3.8) is 0 Å². The van der Waals surface area contributed by atoms with Crippen LogP contribution in [0.1, 0.15) is 72.2 Å². The van der Waals surface area contributed by atoms with Gasteiger partial charge in [0, 0.05) is 10.9 Å². The number of aryl methyl sites for hydroxylation is 1. The average molecular weight is 418 g/mol. The first-order chi connectivity index (χ1) is 14.7. The lowest BCUT2D eigenvalue weighted by Crippen LogP contribution is -2.32. The van der Waals surface area contributed by atoms with Crippen molar-refractivity contribution in [2.45, 2.75) is 63.8 Å². The fraction of sp³-hybridized carbons (Fsp3) is 0.370. The van der Waals surface area contributed by atoms with Gasteiger partial charge in [0.25, 0.3) is 5.91 Å². The molecular formula is C27H31NOS. The van der Waals surface area contributed by atoms with E-state index in [9.17, 15) is 4.79 Å². The maximum Gasteiger partial charge on any atom is 0.261 e. The number of hydrogen-bond acceptors (Lipinski definition) is 2. The highest BCUT2D eigenvalue weighted by Gasteiger charge is 2.16. The minimum atomic E-state index is 0.0330. The van der Waals surface area contributed by atoms with Gasteiger partial charge in [-0.1, -0.05) is 73.9 Å². The molecule has 0 spiro atoms. The van der Waals surface area contributed by atoms with Crippen molar-refractivity contribution in [1.29, 1.82) is 0 Å². The topological polar surface area (TPSA) is 29.1 Å². The molecule has 1 aliphatic carbocycles. The first-order valence-electron chi connectivity index (χ1n) is 11.2. The van der Waals surface area contributed by atoms with E-state index in [4.69, 9.17) is 0 Å². The monoisotopic (exact) mass is 417 g/mol. The number of rotatable bonds is 7. The summed E-state index contributed by atoms with van der Waals surface area (Å²) in [6.07, 6.45) is 8.68. The fourth-order valence-electron chi connectivity index (χ4n) is 4.37. The van der Waals surface area contributed by atoms with Crippen LogP contribution in [0.5, 0.6) is 0 Å². The van der Waals surface area contributed by atoms with Crippen LogP contribution in [0.25, 0.3) is 10.4 Å². The maximum atomic E-state index is 12.7. The summed E-state index contributed by atoms with van der Waals surface area (Å²) in [5.74, 6) is 0.764. The van der Waals surface area contributed by atoms with E-state index in [0.717, 1.165) is 28.5 Å². The van der Waals surface area contributed by atoms with Crippen LogP contribution in [0, 0.1) is 0 Å². The summed E-state index contributed by atoms with van der Waals surface area (Å²) in [6, 6.07) is 23.6. The summed E-state index contributed by atoms with van der Waals surface area (Å²) in [4.78, 5) is 14.6. The van der Waals surface area contributed by atoms with Gasteiger partial charge in [0.05, 0.1) is 4.88 Å². The van der Waals surface area contributed by atoms with Gasteiger partial charge in [0.2, 0.25) is 0 Å². The standard InChI is InChI=1S/C27H31NOS/c1-20(12-13-21-8-4-2-5-9-21)28-27(29)26-19-18-25(30-26)24-16-14-23(15-17-24)22-10-6-3-7-11-22/h2,4-5,8-9,14-20,22H,3,6-7,10-13H2,1H3,(H,28,29)/t20-/m1/s1. The Labute approximate surface area is 184 Å². The highest BCUT2D eigenvalue weighted by atomic mass is 32.1. The smallest absolute Gasteiger partial charge is 0.261 e. The molecule has 0 radical (unpaired) electrons. The first kappa shape index (κ1) is 20.9. The van der Waals surface area contributed by atoms with Crippen LogP contribution in [0.15, 0.2) is 66.7 Å². The molecule has 1 aromatic heterocycles. The molecule has 0 aliphatic heterocycles. The quantitative estimate of drug-likeness (QED) is 0.432. The Kier molecular flexibility index (Phi) is 7.01. The number of hydrogen-bond donors (Lipinski definition) is 1. The van der Waals surface area contributed by atoms with Crippen molar-refractivity contribution in [3.8, 4) is 10.4 Å². The molecule has 1 heterocycles. The Morgan fingerprint density at radius 2 is 1.70 bits per heavy atom. The second-order valence-electron chi connectivity index (χ2n) is 8.52. The average Bonchev–Trinajstić information content (AvgIpc) is 3.30. The number of nitrogens with one attached hydrogen (secondary N) is 1. The van der Waals surface area contributed by atoms with E-state index < -0.39 is 0 Å². The van der Waals surface area contributed by atoms with Crippen molar-refractivity contribution in [3.05, 3.63) is 82.7 Å². The number of carbonyl (C=O) groups is 1. The molecule has 0 saturated heterocycles. The van der Waals surface area contributed by atoms with E-state index >= 15 is 0 Å². The highest BCUT2D eigenvalue weighted by Crippen LogP contribution is 2.34. The zero-order chi connectivity index (χ0) is 20.8. The van der Waals surface area contributed by atoms with Crippen LogP contribution in [-0.2, 0) is 6.42 Å². The third-order valence-electron chi connectivity index (χ3n) is 6.19. The van der Waals surface area contributed by atoms with Crippen molar-refractivity contribution in [2.24, 2.45) is 0 Å². The molecule has 4 rings (SSSR count). The minimum absolute atomic E-state index is 0.0330. The maximum absolute atomic E-state index is 12.7. The summed E-state index contributed by atoms with van der Waals surface area (Å²) in [6.45, 7) is 2.08. The molecule has 0 unspecified atom stereocenters. The van der Waals surface area contributed by atoms with Gasteiger partial charge in [0.15, 0.2) is 0 Å². The van der Waals surface area contributed by atoms with Crippen LogP contribution < -0.4 is 5.32 Å². The van der Waals surface area contributed by atoms with Gasteiger partial charge in [-0.2, -0.15) is 0 Å². The lowest BCUT2D eigenvalue weighted by atomic mass is 9.84. The molecule has 2 aromatic carbocycles. The first-order valence-corrected chi connectivity index (χ1v) is 12.1. The fourth-order valence-corrected chi connectivity index (χ4v) is 5.28. The van der Waals surface area contributed by atoms with Crippen LogP contribution in [0.4, 0.5) is 0 Å². The predicted molar refractivity (Wildman–Crippen MR) is 127 cm³/mol. The molecule has 2 nitrogen and oxygen atoms in total. The Morgan fingerprint density at radius 1 is 0.967 bits per heavy atom. The van der Waals surface area contributed by atoms with Gasteiger partial charge < -0.3 is 5.32 Å². The third-order valence-corrected chi connectivity index (χ3v) is 7.32. The van der Waals surface area contributed by atoms with Gasteiger partial charge in [-0.3, -0.25) is 4.79 Å². The molecule has 30 heavy (non-hydrogen) atoms. The van der Waals surface area contributed by atoms with Crippen molar-refractivity contribution in [2.75, 3.05) is 0 Å². The largest absolute Gasteiger partial charge is 0.349 e. The molecule has 1 fully saturated rings. The Hall–Kier alpha value is -2.39. The van der Waals surface area contributed by atoms with Crippen molar-refractivity contribution < 1.29 is 4.79 Å².